The summed E-state index contributed by atoms with van der Waals surface area (Å²) < 4.78 is 5.28. The monoisotopic (exact) mass is 263 g/mol. The molecular weight excluding hydrogens is 242 g/mol. The van der Waals surface area contributed by atoms with Gasteiger partial charge in [-0.3, -0.25) is 0 Å². The van der Waals surface area contributed by atoms with Crippen molar-refractivity contribution in [2.45, 2.75) is 51.7 Å². The van der Waals surface area contributed by atoms with E-state index in [-0.39, 0.29) is 6.09 Å². The Morgan fingerprint density at radius 1 is 1.37 bits per heavy atom. The third-order valence-corrected chi connectivity index (χ3v) is 2.84. The van der Waals surface area contributed by atoms with Crippen LogP contribution in [0.15, 0.2) is 12.1 Å². The number of carbonyl (C=O) groups is 1. The quantitative estimate of drug-likeness (QED) is 0.841. The van der Waals surface area contributed by atoms with Gasteiger partial charge in [-0.05, 0) is 45.7 Å². The normalized spacial score (nSPS) is 15.2. The van der Waals surface area contributed by atoms with Crippen molar-refractivity contribution >= 4 is 6.09 Å². The minimum absolute atomic E-state index is 0.347. The Labute approximate surface area is 114 Å². The molecule has 1 aliphatic carbocycles. The fraction of sp³-hybridized carbons (Fsp3) is 0.643. The molecule has 2 rings (SSSR count). The molecule has 0 N–H and O–H groups in total. The zero-order chi connectivity index (χ0) is 14.0. The van der Waals surface area contributed by atoms with E-state index in [0.717, 1.165) is 11.4 Å². The summed E-state index contributed by atoms with van der Waals surface area (Å²) in [6.07, 6.45) is 2.08. The predicted octanol–water partition coefficient (Wildman–Crippen LogP) is 2.72. The molecule has 1 heterocycles. The first-order valence-electron chi connectivity index (χ1n) is 6.62. The van der Waals surface area contributed by atoms with Crippen molar-refractivity contribution in [3.8, 4) is 0 Å². The fourth-order valence-corrected chi connectivity index (χ4v) is 1.70. The van der Waals surface area contributed by atoms with Crippen molar-refractivity contribution in [3.63, 3.8) is 0 Å². The van der Waals surface area contributed by atoms with E-state index in [1.165, 1.54) is 17.7 Å². The van der Waals surface area contributed by atoms with Gasteiger partial charge >= 0.3 is 6.09 Å². The zero-order valence-electron chi connectivity index (χ0n) is 12.0. The zero-order valence-corrected chi connectivity index (χ0v) is 12.0. The molecule has 1 amide bonds. The molecule has 0 bridgehead atoms. The number of hydrogen-bond acceptors (Lipinski definition) is 4. The SMILES string of the molecule is CN(Cc1ccc(C2CC2)nn1)C(=O)OC(C)(C)C. The third-order valence-electron chi connectivity index (χ3n) is 2.84. The summed E-state index contributed by atoms with van der Waals surface area (Å²) in [6.45, 7) is 5.96. The number of nitrogens with zero attached hydrogens (tertiary/aromatic N) is 3. The first-order valence-corrected chi connectivity index (χ1v) is 6.62. The van der Waals surface area contributed by atoms with Gasteiger partial charge in [-0.15, -0.1) is 0 Å². The summed E-state index contributed by atoms with van der Waals surface area (Å²) in [6, 6.07) is 3.93. The van der Waals surface area contributed by atoms with Crippen LogP contribution >= 0.6 is 0 Å². The molecular formula is C14H21N3O2. The van der Waals surface area contributed by atoms with Gasteiger partial charge in [0.05, 0.1) is 17.9 Å². The molecule has 0 atom stereocenters. The van der Waals surface area contributed by atoms with Gasteiger partial charge in [0.2, 0.25) is 0 Å². The van der Waals surface area contributed by atoms with Gasteiger partial charge in [0.15, 0.2) is 0 Å². The highest BCUT2D eigenvalue weighted by atomic mass is 16.6. The van der Waals surface area contributed by atoms with Gasteiger partial charge in [-0.2, -0.15) is 10.2 Å². The molecule has 0 spiro atoms. The minimum atomic E-state index is -0.479. The van der Waals surface area contributed by atoms with Crippen LogP contribution in [0.5, 0.6) is 0 Å². The van der Waals surface area contributed by atoms with Crippen molar-refractivity contribution < 1.29 is 9.53 Å². The lowest BCUT2D eigenvalue weighted by molar-refractivity contribution is 0.0282. The van der Waals surface area contributed by atoms with Crippen molar-refractivity contribution in [3.05, 3.63) is 23.5 Å². The Hall–Kier alpha value is -1.65. The molecule has 0 aliphatic heterocycles. The van der Waals surface area contributed by atoms with Gasteiger partial charge < -0.3 is 9.64 Å². The second-order valence-electron chi connectivity index (χ2n) is 6.06. The lowest BCUT2D eigenvalue weighted by Gasteiger charge is -2.24. The predicted molar refractivity (Wildman–Crippen MR) is 71.7 cm³/mol. The molecule has 1 fully saturated rings. The summed E-state index contributed by atoms with van der Waals surface area (Å²) >= 11 is 0. The lowest BCUT2D eigenvalue weighted by Crippen LogP contribution is -2.34. The number of rotatable bonds is 3. The number of carbonyl (C=O) groups excluding carboxylic acids is 1. The molecule has 0 saturated heterocycles. The summed E-state index contributed by atoms with van der Waals surface area (Å²) in [5, 5.41) is 8.36. The average Bonchev–Trinajstić information content (AvgIpc) is 3.11. The van der Waals surface area contributed by atoms with Crippen LogP contribution < -0.4 is 0 Å². The second kappa shape index (κ2) is 5.15. The van der Waals surface area contributed by atoms with Gasteiger partial charge in [0.1, 0.15) is 5.60 Å². The molecule has 104 valence electrons. The minimum Gasteiger partial charge on any atom is -0.444 e. The first-order chi connectivity index (χ1) is 8.85. The number of ether oxygens (including phenoxy) is 1. The van der Waals surface area contributed by atoms with Crippen LogP contribution in [0.2, 0.25) is 0 Å². The molecule has 5 heteroatoms. The van der Waals surface area contributed by atoms with Crippen molar-refractivity contribution in [1.82, 2.24) is 15.1 Å². The van der Waals surface area contributed by atoms with E-state index in [1.54, 1.807) is 7.05 Å². The van der Waals surface area contributed by atoms with Crippen LogP contribution in [0.25, 0.3) is 0 Å². The fourth-order valence-electron chi connectivity index (χ4n) is 1.70. The molecule has 0 aromatic carbocycles. The lowest BCUT2D eigenvalue weighted by atomic mass is 10.2. The highest BCUT2D eigenvalue weighted by molar-refractivity contribution is 5.67. The van der Waals surface area contributed by atoms with Gasteiger partial charge in [0, 0.05) is 13.0 Å². The maximum Gasteiger partial charge on any atom is 0.410 e. The Balaban J connectivity index is 1.90. The Bertz CT molecular complexity index is 447. The van der Waals surface area contributed by atoms with E-state index in [9.17, 15) is 4.79 Å². The first kappa shape index (κ1) is 13.8. The van der Waals surface area contributed by atoms with E-state index >= 15 is 0 Å². The molecule has 1 aromatic rings. The van der Waals surface area contributed by atoms with Crippen LogP contribution in [0, 0.1) is 0 Å². The van der Waals surface area contributed by atoms with Crippen molar-refractivity contribution in [2.75, 3.05) is 7.05 Å². The molecule has 19 heavy (non-hydrogen) atoms. The molecule has 0 radical (unpaired) electrons. The highest BCUT2D eigenvalue weighted by Crippen LogP contribution is 2.38. The summed E-state index contributed by atoms with van der Waals surface area (Å²) in [5.74, 6) is 0.602. The van der Waals surface area contributed by atoms with E-state index in [2.05, 4.69) is 10.2 Å². The van der Waals surface area contributed by atoms with Gasteiger partial charge in [-0.1, -0.05) is 0 Å². The van der Waals surface area contributed by atoms with Crippen LogP contribution in [-0.2, 0) is 11.3 Å². The largest absolute Gasteiger partial charge is 0.444 e. The van der Waals surface area contributed by atoms with Crippen LogP contribution in [0.3, 0.4) is 0 Å². The summed E-state index contributed by atoms with van der Waals surface area (Å²) in [4.78, 5) is 13.3. The van der Waals surface area contributed by atoms with Crippen molar-refractivity contribution in [1.29, 1.82) is 0 Å². The van der Waals surface area contributed by atoms with E-state index in [0.29, 0.717) is 12.5 Å². The van der Waals surface area contributed by atoms with E-state index in [4.69, 9.17) is 4.74 Å². The molecule has 0 unspecified atom stereocenters. The van der Waals surface area contributed by atoms with Gasteiger partial charge in [0.25, 0.3) is 0 Å². The maximum absolute atomic E-state index is 11.8. The summed E-state index contributed by atoms with van der Waals surface area (Å²) in [5.41, 5.74) is 1.36. The smallest absolute Gasteiger partial charge is 0.410 e. The number of hydrogen-bond donors (Lipinski definition) is 0. The molecule has 1 aromatic heterocycles. The number of amides is 1. The van der Waals surface area contributed by atoms with Crippen LogP contribution in [-0.4, -0.2) is 33.8 Å². The highest BCUT2D eigenvalue weighted by Gasteiger charge is 2.25. The number of aromatic nitrogens is 2. The Morgan fingerprint density at radius 3 is 2.53 bits per heavy atom. The third kappa shape index (κ3) is 4.19. The van der Waals surface area contributed by atoms with Gasteiger partial charge in [-0.25, -0.2) is 4.79 Å². The molecule has 1 aliphatic rings. The summed E-state index contributed by atoms with van der Waals surface area (Å²) in [7, 11) is 1.70. The Kier molecular flexibility index (Phi) is 3.73. The molecule has 5 nitrogen and oxygen atoms in total. The second-order valence-corrected chi connectivity index (χ2v) is 6.06. The van der Waals surface area contributed by atoms with Crippen LogP contribution in [0.1, 0.15) is 50.9 Å². The topological polar surface area (TPSA) is 55.3 Å². The molecule has 1 saturated carbocycles. The van der Waals surface area contributed by atoms with E-state index in [1.807, 2.05) is 32.9 Å². The standard InChI is InChI=1S/C14H21N3O2/c1-14(2,3)19-13(18)17(4)9-11-7-8-12(16-15-11)10-5-6-10/h7-8,10H,5-6,9H2,1-4H3. The maximum atomic E-state index is 11.8. The Morgan fingerprint density at radius 2 is 2.05 bits per heavy atom. The van der Waals surface area contributed by atoms with Crippen molar-refractivity contribution in [2.24, 2.45) is 0 Å². The van der Waals surface area contributed by atoms with Crippen LogP contribution in [0.4, 0.5) is 4.79 Å². The van der Waals surface area contributed by atoms with E-state index < -0.39 is 5.60 Å². The average molecular weight is 263 g/mol.